The van der Waals surface area contributed by atoms with Gasteiger partial charge in [0.15, 0.2) is 0 Å². The molecule has 1 aliphatic heterocycles. The lowest BCUT2D eigenvalue weighted by Crippen LogP contribution is -2.61. The molecule has 13 N–H and O–H groups in total. The van der Waals surface area contributed by atoms with Crippen LogP contribution in [-0.4, -0.2) is 156 Å². The van der Waals surface area contributed by atoms with Crippen molar-refractivity contribution in [2.24, 2.45) is 11.7 Å². The summed E-state index contributed by atoms with van der Waals surface area (Å²) in [6, 6.07) is -3.49. The summed E-state index contributed by atoms with van der Waals surface area (Å²) in [6.07, 6.45) is -5.23. The molecule has 1 heterocycles. The second-order valence-electron chi connectivity index (χ2n) is 21.8. The molecule has 1 fully saturated rings. The zero-order valence-electron chi connectivity index (χ0n) is 45.8. The Kier molecular flexibility index (Phi) is 26.4. The molecule has 1 saturated heterocycles. The largest absolute Gasteiger partial charge is 0.444 e. The molecule has 0 saturated carbocycles. The maximum absolute atomic E-state index is 14.5. The second kappa shape index (κ2) is 30.5. The number of hydrogen-bond donors (Lipinski definition) is 12. The number of carbonyl (C=O) groups is 10. The highest BCUT2D eigenvalue weighted by Gasteiger charge is 2.36. The van der Waals surface area contributed by atoms with Gasteiger partial charge in [0.25, 0.3) is 0 Å². The molecule has 1 aliphatic rings. The van der Waals surface area contributed by atoms with E-state index in [0.29, 0.717) is 5.56 Å². The van der Waals surface area contributed by atoms with Gasteiger partial charge in [0, 0.05) is 37.1 Å². The van der Waals surface area contributed by atoms with Gasteiger partial charge in [-0.15, -0.1) is 0 Å². The van der Waals surface area contributed by atoms with Crippen LogP contribution in [0.5, 0.6) is 0 Å². The number of rotatable bonds is 14. The first-order chi connectivity index (χ1) is 35.1. The number of aliphatic hydroxyl groups excluding tert-OH is 1. The minimum absolute atomic E-state index is 0.00190. The Morgan fingerprint density at radius 3 is 1.33 bits per heavy atom. The summed E-state index contributed by atoms with van der Waals surface area (Å²) in [5.74, 6) is -6.60. The Morgan fingerprint density at radius 2 is 0.934 bits per heavy atom. The molecule has 0 radical (unpaired) electrons. The monoisotopic (exact) mass is 1140 g/mol. The molecule has 0 aromatic heterocycles. The number of aliphatic hydroxyl groups is 1. The summed E-state index contributed by atoms with van der Waals surface area (Å²) in [4.78, 5) is 137. The first-order valence-electron chi connectivity index (χ1n) is 25.3. The molecule has 1 aromatic rings. The van der Waals surface area contributed by atoms with Crippen molar-refractivity contribution < 1.29 is 67.3 Å². The molecular formula is C50H82BrN11O14. The Hall–Kier alpha value is -6.28. The minimum Gasteiger partial charge on any atom is -0.444 e. The summed E-state index contributed by atoms with van der Waals surface area (Å²) < 4.78 is 16.7. The van der Waals surface area contributed by atoms with E-state index in [-0.39, 0.29) is 70.6 Å². The highest BCUT2D eigenvalue weighted by atomic mass is 79.9. The fraction of sp³-hybridized carbons (Fsp3) is 0.680. The third-order valence-corrected chi connectivity index (χ3v) is 11.2. The Bertz CT molecular complexity index is 2160. The van der Waals surface area contributed by atoms with Crippen LogP contribution in [0.25, 0.3) is 0 Å². The predicted octanol–water partition coefficient (Wildman–Crippen LogP) is 0.919. The molecule has 0 aliphatic carbocycles. The van der Waals surface area contributed by atoms with Crippen LogP contribution >= 0.6 is 15.9 Å². The van der Waals surface area contributed by atoms with Crippen LogP contribution < -0.4 is 58.9 Å². The fourth-order valence-electron chi connectivity index (χ4n) is 7.09. The average Bonchev–Trinajstić information content (AvgIpc) is 3.27. The molecule has 2 unspecified atom stereocenters. The number of halogens is 1. The number of ether oxygens (including phenoxy) is 3. The molecule has 2 rings (SSSR count). The molecule has 0 bridgehead atoms. The third kappa shape index (κ3) is 26.5. The van der Waals surface area contributed by atoms with E-state index in [9.17, 15) is 53.1 Å². The third-order valence-electron chi connectivity index (χ3n) is 10.7. The summed E-state index contributed by atoms with van der Waals surface area (Å²) >= 11 is 3.39. The quantitative estimate of drug-likeness (QED) is 0.115. The van der Waals surface area contributed by atoms with Crippen molar-refractivity contribution in [3.05, 3.63) is 34.3 Å². The van der Waals surface area contributed by atoms with E-state index in [2.05, 4.69) is 69.1 Å². The zero-order valence-corrected chi connectivity index (χ0v) is 47.4. The van der Waals surface area contributed by atoms with E-state index in [1.165, 1.54) is 6.92 Å². The molecule has 10 amide bonds. The van der Waals surface area contributed by atoms with Crippen molar-refractivity contribution in [2.45, 2.75) is 187 Å². The van der Waals surface area contributed by atoms with Crippen LogP contribution in [0.4, 0.5) is 14.4 Å². The van der Waals surface area contributed by atoms with Crippen LogP contribution in [0.15, 0.2) is 28.7 Å². The van der Waals surface area contributed by atoms with Gasteiger partial charge >= 0.3 is 18.3 Å². The lowest BCUT2D eigenvalue weighted by atomic mass is 10.00. The van der Waals surface area contributed by atoms with Crippen molar-refractivity contribution in [3.63, 3.8) is 0 Å². The summed E-state index contributed by atoms with van der Waals surface area (Å²) in [7, 11) is 0. The molecule has 428 valence electrons. The van der Waals surface area contributed by atoms with E-state index in [4.69, 9.17) is 19.9 Å². The molecule has 76 heavy (non-hydrogen) atoms. The van der Waals surface area contributed by atoms with Crippen molar-refractivity contribution in [3.8, 4) is 0 Å². The van der Waals surface area contributed by atoms with Gasteiger partial charge in [-0.05, 0) is 125 Å². The van der Waals surface area contributed by atoms with Gasteiger partial charge in [0.1, 0.15) is 53.1 Å². The lowest BCUT2D eigenvalue weighted by Gasteiger charge is -2.29. The topological polar surface area (TPSA) is 365 Å². The van der Waals surface area contributed by atoms with Crippen LogP contribution in [0, 0.1) is 5.92 Å². The summed E-state index contributed by atoms with van der Waals surface area (Å²) in [5.41, 5.74) is 4.20. The van der Waals surface area contributed by atoms with Crippen LogP contribution in [0.1, 0.15) is 121 Å². The van der Waals surface area contributed by atoms with E-state index in [0.717, 1.165) is 4.47 Å². The smallest absolute Gasteiger partial charge is 0.407 e. The van der Waals surface area contributed by atoms with Crippen LogP contribution in [0.2, 0.25) is 0 Å². The zero-order chi connectivity index (χ0) is 57.7. The SMILES string of the molecule is CC(C)C[C@@H]1NC(=O)[C@@H](Cc2ccc(Br)cc2)NC(=O)[C@H](CCNC(=O)OC(C)(C)C)NC(=O)[C@@H](N)CCNC(=O)C(C(C)O)NC(=O)[C@H](CCNC(=O)OC(C)(C)C)NC(=O)[C@H](CCNC(=O)OC(C)(C)C)NC1=O. The number of nitrogens with one attached hydrogen (secondary N) is 10. The van der Waals surface area contributed by atoms with Gasteiger partial charge in [-0.25, -0.2) is 14.4 Å². The van der Waals surface area contributed by atoms with Gasteiger partial charge in [0.2, 0.25) is 41.4 Å². The van der Waals surface area contributed by atoms with Crippen molar-refractivity contribution >= 4 is 75.6 Å². The maximum atomic E-state index is 14.5. The number of alkyl carbamates (subject to hydrolysis) is 3. The van der Waals surface area contributed by atoms with Gasteiger partial charge in [0.05, 0.1) is 12.1 Å². The first-order valence-corrected chi connectivity index (χ1v) is 26.1. The highest BCUT2D eigenvalue weighted by molar-refractivity contribution is 9.10. The second-order valence-corrected chi connectivity index (χ2v) is 22.7. The Labute approximate surface area is 453 Å². The number of carbonyl (C=O) groups excluding carboxylic acids is 10. The number of nitrogens with two attached hydrogens (primary N) is 1. The van der Waals surface area contributed by atoms with Crippen molar-refractivity contribution in [1.82, 2.24) is 53.2 Å². The van der Waals surface area contributed by atoms with E-state index < -0.39 is 125 Å². The lowest BCUT2D eigenvalue weighted by molar-refractivity contribution is -0.136. The maximum Gasteiger partial charge on any atom is 0.407 e. The summed E-state index contributed by atoms with van der Waals surface area (Å²) in [6.45, 7) is 18.6. The van der Waals surface area contributed by atoms with Gasteiger partial charge in [-0.2, -0.15) is 0 Å². The number of benzene rings is 1. The van der Waals surface area contributed by atoms with Gasteiger partial charge in [-0.1, -0.05) is 41.9 Å². The Morgan fingerprint density at radius 1 is 0.579 bits per heavy atom. The molecule has 25 nitrogen and oxygen atoms in total. The van der Waals surface area contributed by atoms with E-state index in [1.54, 1.807) is 100 Å². The Balaban J connectivity index is 2.77. The van der Waals surface area contributed by atoms with Crippen molar-refractivity contribution in [2.75, 3.05) is 26.2 Å². The van der Waals surface area contributed by atoms with E-state index in [1.807, 2.05) is 0 Å². The number of hydrogen-bond acceptors (Lipinski definition) is 15. The summed E-state index contributed by atoms with van der Waals surface area (Å²) in [5, 5.41) is 36.4. The van der Waals surface area contributed by atoms with Gasteiger partial charge < -0.3 is 78.2 Å². The van der Waals surface area contributed by atoms with Crippen LogP contribution in [-0.2, 0) is 54.2 Å². The molecular weight excluding hydrogens is 1060 g/mol. The average molecular weight is 1140 g/mol. The van der Waals surface area contributed by atoms with Crippen LogP contribution in [0.3, 0.4) is 0 Å². The predicted molar refractivity (Wildman–Crippen MR) is 283 cm³/mol. The van der Waals surface area contributed by atoms with E-state index >= 15 is 0 Å². The molecule has 8 atom stereocenters. The normalized spacial score (nSPS) is 22.7. The van der Waals surface area contributed by atoms with Gasteiger partial charge in [-0.3, -0.25) is 33.6 Å². The highest BCUT2D eigenvalue weighted by Crippen LogP contribution is 2.15. The number of amides is 10. The molecule has 1 aromatic carbocycles. The standard InChI is InChI=1S/C50H82BrN11O14/c1-27(2)25-35-42(68)59-33(19-23-55-46(72)75-49(7,8)9)39(65)58-34(20-24-56-47(73)76-50(10,11)12)41(67)62-37(28(3)63)44(70)53-21-17-31(52)38(64)57-32(18-22-54-45(71)74-48(4,5)6)40(66)61-36(43(69)60-35)26-29-13-15-30(51)16-14-29/h13-16,27-28,31-37,63H,17-26,52H2,1-12H3,(H,53,70)(H,54,71)(H,55,72)(H,56,73)(H,57,64)(H,58,65)(H,59,68)(H,60,69)(H,61,66)(H,62,67)/t28?,31-,32-,33-,34-,35-,36+,37?/m0/s1. The first kappa shape index (κ1) is 65.8. The van der Waals surface area contributed by atoms with Crippen molar-refractivity contribution in [1.29, 1.82) is 0 Å². The molecule has 26 heteroatoms. The molecule has 0 spiro atoms. The minimum atomic E-state index is -1.65. The fourth-order valence-corrected chi connectivity index (χ4v) is 7.36.